The highest BCUT2D eigenvalue weighted by molar-refractivity contribution is 7.93. The van der Waals surface area contributed by atoms with Crippen molar-refractivity contribution in [3.8, 4) is 0 Å². The number of carbonyl (C=O) groups excluding carboxylic acids is 10. The minimum absolute atomic E-state index is 0.0108. The van der Waals surface area contributed by atoms with Gasteiger partial charge in [-0.25, -0.2) is 26.4 Å². The van der Waals surface area contributed by atoms with Gasteiger partial charge in [-0.15, -0.1) is 0 Å². The van der Waals surface area contributed by atoms with E-state index in [2.05, 4.69) is 42.5 Å². The summed E-state index contributed by atoms with van der Waals surface area (Å²) in [5.41, 5.74) is -4.43. The molecule has 0 aromatic rings. The maximum atomic E-state index is 16.1. The van der Waals surface area contributed by atoms with Gasteiger partial charge in [-0.2, -0.15) is 0 Å². The van der Waals surface area contributed by atoms with Gasteiger partial charge in [0.05, 0.1) is 44.2 Å². The molecular formula is C76H128N10O15S2. The zero-order chi connectivity index (χ0) is 75.8. The zero-order valence-electron chi connectivity index (χ0n) is 64.4. The van der Waals surface area contributed by atoms with Gasteiger partial charge < -0.3 is 57.1 Å². The van der Waals surface area contributed by atoms with Gasteiger partial charge >= 0.3 is 12.1 Å². The Bertz CT molecular complexity index is 3280. The van der Waals surface area contributed by atoms with Crippen LogP contribution in [0.2, 0.25) is 0 Å². The summed E-state index contributed by atoms with van der Waals surface area (Å²) in [7, 11) is -7.58. The molecule has 584 valence electrons. The molecule has 1 unspecified atom stereocenters. The number of nitrogens with one attached hydrogen (secondary N) is 8. The van der Waals surface area contributed by atoms with Crippen molar-refractivity contribution in [2.24, 2.45) is 40.4 Å². The van der Waals surface area contributed by atoms with Crippen LogP contribution in [0.4, 0.5) is 9.59 Å². The molecule has 8 aliphatic rings. The largest absolute Gasteiger partial charge is 0.381 e. The number of Topliss-reactive ketones (excluding diaryl/α,β-unsaturated/α-hetero) is 2. The summed E-state index contributed by atoms with van der Waals surface area (Å²) in [5.74, 6) is -6.77. The molecule has 3 saturated heterocycles. The predicted molar refractivity (Wildman–Crippen MR) is 394 cm³/mol. The van der Waals surface area contributed by atoms with E-state index in [0.717, 1.165) is 51.4 Å². The molecule has 8 fully saturated rings. The fraction of sp³-hybridized carbons (Fsp3) is 0.868. The Morgan fingerprint density at radius 2 is 1.09 bits per heavy atom. The number of nitrogens with zero attached hydrogens (tertiary/aromatic N) is 2. The molecule has 8 rings (SSSR count). The molecule has 0 spiro atoms. The first kappa shape index (κ1) is 83.2. The summed E-state index contributed by atoms with van der Waals surface area (Å²) in [6.07, 6.45) is 15.4. The summed E-state index contributed by atoms with van der Waals surface area (Å²) in [4.78, 5) is 150. The normalized spacial score (nSPS) is 24.5. The highest BCUT2D eigenvalue weighted by atomic mass is 32.2. The number of amides is 10. The number of hydrogen-bond acceptors (Lipinski definition) is 15. The van der Waals surface area contributed by atoms with Crippen LogP contribution < -0.4 is 42.5 Å². The second-order valence-corrected chi connectivity index (χ2v) is 41.2. The van der Waals surface area contributed by atoms with Gasteiger partial charge in [-0.05, 0) is 184 Å². The van der Waals surface area contributed by atoms with Crippen molar-refractivity contribution < 1.29 is 69.5 Å². The number of rotatable bonds is 34. The number of hydrogen-bond donors (Lipinski definition) is 8. The van der Waals surface area contributed by atoms with Crippen LogP contribution in [0, 0.1) is 40.4 Å². The van der Waals surface area contributed by atoms with Crippen LogP contribution in [0.15, 0.2) is 0 Å². The standard InChI is InChI=1S/C76H128N10O15S2/c1-14-15-22-55(59(87)65(91)77-53-26-27-53)80-64(90)58-51(43-48(2)3)32-40-85(58)68(94)62(82-70(96)84-76(35-20-17-21-36-76)47-103(99,100)74(13)38-41-101-42-39-74)73(11,12)37-31-49(4)52-44-57(63(89)79-56(30-25-50-23-24-50)60(88)66(92)78-54-28-29-54)86(45-52)67(93)61(71(5,6)7)81-69(95)83-75(33-18-16-19-34-75)46-102(97,98)72(8,9)10/h48-58,61-62H,14-47H2,1-13H3,(H,77,91)(H,78,92)(H,79,89)(H,80,90)(H2,81,83,95)(H2,82,84,96)/t49?,51-,52-,55+,56-,57+,58+,61-,62-/m1/s1. The van der Waals surface area contributed by atoms with Gasteiger partial charge in [0, 0.05) is 38.4 Å². The number of urea groups is 2. The van der Waals surface area contributed by atoms with Crippen LogP contribution in [0.5, 0.6) is 0 Å². The van der Waals surface area contributed by atoms with Crippen molar-refractivity contribution in [2.45, 2.75) is 339 Å². The average molecular weight is 1490 g/mol. The molecule has 0 aromatic heterocycles. The first-order valence-electron chi connectivity index (χ1n) is 39.2. The molecule has 0 bridgehead atoms. The van der Waals surface area contributed by atoms with Crippen molar-refractivity contribution in [3.05, 3.63) is 0 Å². The smallest absolute Gasteiger partial charge is 0.315 e. The molecule has 5 saturated carbocycles. The second-order valence-electron chi connectivity index (χ2n) is 36.0. The lowest BCUT2D eigenvalue weighted by Crippen LogP contribution is -2.64. The second kappa shape index (κ2) is 34.2. The minimum Gasteiger partial charge on any atom is -0.381 e. The highest BCUT2D eigenvalue weighted by Gasteiger charge is 2.53. The van der Waals surface area contributed by atoms with E-state index in [1.54, 1.807) is 48.5 Å². The van der Waals surface area contributed by atoms with Crippen molar-refractivity contribution >= 4 is 78.7 Å². The lowest BCUT2D eigenvalue weighted by Gasteiger charge is -2.43. The molecule has 3 heterocycles. The number of likely N-dealkylation sites (tertiary alicyclic amines) is 2. The maximum absolute atomic E-state index is 16.1. The minimum atomic E-state index is -3.85. The lowest BCUT2D eigenvalue weighted by molar-refractivity contribution is -0.145. The van der Waals surface area contributed by atoms with Crippen LogP contribution in [-0.2, 0) is 62.8 Å². The van der Waals surface area contributed by atoms with Crippen LogP contribution >= 0.6 is 0 Å². The molecule has 8 N–H and O–H groups in total. The number of unbranched alkanes of at least 4 members (excludes halogenated alkanes) is 1. The molecule has 25 nitrogen and oxygen atoms in total. The Kier molecular flexibility index (Phi) is 27.6. The highest BCUT2D eigenvalue weighted by Crippen LogP contribution is 2.42. The summed E-state index contributed by atoms with van der Waals surface area (Å²) in [6, 6.07) is -8.97. The van der Waals surface area contributed by atoms with E-state index >= 15 is 24.0 Å². The van der Waals surface area contributed by atoms with Gasteiger partial charge in [-0.1, -0.05) is 127 Å². The summed E-state index contributed by atoms with van der Waals surface area (Å²) in [6.45, 7) is 24.4. The number of carbonyl (C=O) groups is 10. The Balaban J connectivity index is 1.11. The zero-order valence-corrected chi connectivity index (χ0v) is 66.0. The Morgan fingerprint density at radius 1 is 0.583 bits per heavy atom. The number of ether oxygens (including phenoxy) is 1. The quantitative estimate of drug-likeness (QED) is 0.0283. The Labute approximate surface area is 614 Å². The molecule has 0 radical (unpaired) electrons. The molecule has 9 atom stereocenters. The lowest BCUT2D eigenvalue weighted by atomic mass is 9.75. The third-order valence-electron chi connectivity index (χ3n) is 24.0. The summed E-state index contributed by atoms with van der Waals surface area (Å²) in [5, 5.41) is 23.7. The predicted octanol–water partition coefficient (Wildman–Crippen LogP) is 7.94. The van der Waals surface area contributed by atoms with Crippen LogP contribution in [-0.4, -0.2) is 192 Å². The van der Waals surface area contributed by atoms with Crippen LogP contribution in [0.25, 0.3) is 0 Å². The maximum Gasteiger partial charge on any atom is 0.315 e. The van der Waals surface area contributed by atoms with Gasteiger partial charge in [0.2, 0.25) is 35.2 Å². The Hall–Kier alpha value is -5.44. The summed E-state index contributed by atoms with van der Waals surface area (Å²) < 4.78 is 60.4. The van der Waals surface area contributed by atoms with E-state index in [4.69, 9.17) is 4.74 Å². The van der Waals surface area contributed by atoms with E-state index in [9.17, 15) is 40.8 Å². The molecule has 10 amide bonds. The van der Waals surface area contributed by atoms with E-state index in [-0.39, 0.29) is 93.3 Å². The van der Waals surface area contributed by atoms with E-state index < -0.39 is 152 Å². The molecule has 5 aliphatic carbocycles. The van der Waals surface area contributed by atoms with Crippen molar-refractivity contribution in [3.63, 3.8) is 0 Å². The fourth-order valence-electron chi connectivity index (χ4n) is 16.3. The third-order valence-corrected chi connectivity index (χ3v) is 29.6. The van der Waals surface area contributed by atoms with Crippen molar-refractivity contribution in [1.29, 1.82) is 0 Å². The van der Waals surface area contributed by atoms with Crippen LogP contribution in [0.3, 0.4) is 0 Å². The Morgan fingerprint density at radius 3 is 1.58 bits per heavy atom. The monoisotopic (exact) mass is 1480 g/mol. The number of ketones is 2. The molecule has 3 aliphatic heterocycles. The topological polar surface area (TPSA) is 351 Å². The SMILES string of the molecule is CCCC[C@H](NC(=O)[C@@H]1[C@@H](CC(C)C)CCN1C(=O)[C@@H](NC(=O)NC1(CS(=O)(=O)C2(C)CCOCC2)CCCCC1)C(C)(C)CCC(C)[C@@H]1C[C@@H](C(=O)N[C@H](CCC2CC2)C(=O)C(=O)NC2CC2)N(C(=O)[C@@H](NC(=O)NC2(CS(=O)(=O)C(C)(C)C)CCCCC2)C(C)(C)C)C1)C(=O)C(=O)NC1CC1. The molecule has 0 aromatic carbocycles. The number of sulfone groups is 2. The van der Waals surface area contributed by atoms with E-state index in [1.807, 2.05) is 41.5 Å². The first-order valence-corrected chi connectivity index (χ1v) is 42.5. The van der Waals surface area contributed by atoms with Crippen molar-refractivity contribution in [1.82, 2.24) is 52.3 Å². The first-order chi connectivity index (χ1) is 48.1. The van der Waals surface area contributed by atoms with E-state index in [1.165, 1.54) is 9.80 Å². The van der Waals surface area contributed by atoms with Gasteiger partial charge in [0.25, 0.3) is 11.8 Å². The van der Waals surface area contributed by atoms with E-state index in [0.29, 0.717) is 109 Å². The van der Waals surface area contributed by atoms with Crippen LogP contribution in [0.1, 0.15) is 270 Å². The summed E-state index contributed by atoms with van der Waals surface area (Å²) >= 11 is 0. The van der Waals surface area contributed by atoms with Gasteiger partial charge in [-0.3, -0.25) is 38.4 Å². The molecular weight excluding hydrogens is 1360 g/mol. The fourth-order valence-corrected chi connectivity index (χ4v) is 20.1. The van der Waals surface area contributed by atoms with Gasteiger partial charge in [0.15, 0.2) is 19.7 Å². The van der Waals surface area contributed by atoms with Crippen molar-refractivity contribution in [2.75, 3.05) is 37.8 Å². The third kappa shape index (κ3) is 22.1. The average Bonchev–Trinajstić information content (AvgIpc) is 1.76. The molecule has 27 heteroatoms. The van der Waals surface area contributed by atoms with Gasteiger partial charge in [0.1, 0.15) is 24.2 Å². The molecule has 103 heavy (non-hydrogen) atoms.